The summed E-state index contributed by atoms with van der Waals surface area (Å²) in [6.45, 7) is 0. The molecule has 146 valence electrons. The molecular formula is C21H22ClN3O3. The zero-order chi connectivity index (χ0) is 20.3. The van der Waals surface area contributed by atoms with Crippen molar-refractivity contribution in [2.24, 2.45) is 0 Å². The van der Waals surface area contributed by atoms with Gasteiger partial charge in [0, 0.05) is 31.2 Å². The van der Waals surface area contributed by atoms with Gasteiger partial charge in [0.15, 0.2) is 0 Å². The molecule has 0 radical (unpaired) electrons. The van der Waals surface area contributed by atoms with Crippen molar-refractivity contribution in [2.45, 2.75) is 18.9 Å². The average molecular weight is 400 g/mol. The van der Waals surface area contributed by atoms with Crippen molar-refractivity contribution >= 4 is 34.9 Å². The molecule has 2 N–H and O–H groups in total. The summed E-state index contributed by atoms with van der Waals surface area (Å²) in [5.41, 5.74) is 6.80. The molecule has 3 rings (SSSR count). The number of nitrogens with zero attached hydrogens (tertiary/aromatic N) is 2. The first kappa shape index (κ1) is 19.8. The number of hydrazine groups is 1. The molecule has 0 fully saturated rings. The van der Waals surface area contributed by atoms with Gasteiger partial charge in [-0.05, 0) is 41.5 Å². The molecule has 1 amide bonds. The molecule has 1 heterocycles. The molecule has 1 atom stereocenters. The van der Waals surface area contributed by atoms with Crippen LogP contribution in [0.5, 0.6) is 0 Å². The molecule has 2 aromatic carbocycles. The molecule has 0 spiro atoms. The summed E-state index contributed by atoms with van der Waals surface area (Å²) in [5, 5.41) is 11.0. The number of halogens is 1. The van der Waals surface area contributed by atoms with Crippen molar-refractivity contribution in [2.75, 3.05) is 19.0 Å². The van der Waals surface area contributed by atoms with Crippen molar-refractivity contribution in [1.82, 2.24) is 10.4 Å². The van der Waals surface area contributed by atoms with E-state index in [0.717, 1.165) is 22.5 Å². The predicted molar refractivity (Wildman–Crippen MR) is 110 cm³/mol. The van der Waals surface area contributed by atoms with Gasteiger partial charge in [0.2, 0.25) is 5.91 Å². The Bertz CT molecular complexity index is 892. The number of anilines is 1. The lowest BCUT2D eigenvalue weighted by molar-refractivity contribution is -0.142. The SMILES string of the molecule is CN(C)c1ccc([C@H]2C=C(c3ccc(Cl)cc3)NN2C(=O)CCC(=O)O)cc1. The summed E-state index contributed by atoms with van der Waals surface area (Å²) in [7, 11) is 3.93. The second-order valence-corrected chi connectivity index (χ2v) is 7.22. The average Bonchev–Trinajstić information content (AvgIpc) is 3.12. The third-order valence-corrected chi connectivity index (χ3v) is 4.82. The number of aliphatic carboxylic acids is 1. The molecule has 2 aromatic rings. The number of carbonyl (C=O) groups excluding carboxylic acids is 1. The van der Waals surface area contributed by atoms with E-state index >= 15 is 0 Å². The fourth-order valence-corrected chi connectivity index (χ4v) is 3.15. The maximum absolute atomic E-state index is 12.7. The first-order valence-corrected chi connectivity index (χ1v) is 9.28. The van der Waals surface area contributed by atoms with Crippen LogP contribution in [0.2, 0.25) is 5.02 Å². The third-order valence-electron chi connectivity index (χ3n) is 4.57. The van der Waals surface area contributed by atoms with Crippen LogP contribution in [0.4, 0.5) is 5.69 Å². The van der Waals surface area contributed by atoms with E-state index in [0.29, 0.717) is 5.02 Å². The highest BCUT2D eigenvalue weighted by Crippen LogP contribution is 2.33. The van der Waals surface area contributed by atoms with Crippen LogP contribution in [0.15, 0.2) is 54.6 Å². The summed E-state index contributed by atoms with van der Waals surface area (Å²) in [5.74, 6) is -1.27. The van der Waals surface area contributed by atoms with Crippen LogP contribution in [-0.4, -0.2) is 36.1 Å². The van der Waals surface area contributed by atoms with Gasteiger partial charge in [0.25, 0.3) is 0 Å². The number of carboxylic acids is 1. The van der Waals surface area contributed by atoms with Gasteiger partial charge >= 0.3 is 5.97 Å². The molecule has 0 saturated carbocycles. The molecule has 7 heteroatoms. The Morgan fingerprint density at radius 2 is 1.71 bits per heavy atom. The molecular weight excluding hydrogens is 378 g/mol. The second-order valence-electron chi connectivity index (χ2n) is 6.79. The quantitative estimate of drug-likeness (QED) is 0.774. The van der Waals surface area contributed by atoms with Crippen LogP contribution in [0, 0.1) is 0 Å². The van der Waals surface area contributed by atoms with E-state index in [2.05, 4.69) is 5.43 Å². The van der Waals surface area contributed by atoms with Gasteiger partial charge in [-0.25, -0.2) is 5.01 Å². The Morgan fingerprint density at radius 1 is 1.07 bits per heavy atom. The highest BCUT2D eigenvalue weighted by atomic mass is 35.5. The normalized spacial score (nSPS) is 15.8. The molecule has 0 aliphatic carbocycles. The summed E-state index contributed by atoms with van der Waals surface area (Å²) < 4.78 is 0. The van der Waals surface area contributed by atoms with Crippen LogP contribution in [0.1, 0.15) is 30.0 Å². The fraction of sp³-hybridized carbons (Fsp3) is 0.238. The monoisotopic (exact) mass is 399 g/mol. The van der Waals surface area contributed by atoms with E-state index in [1.807, 2.05) is 61.5 Å². The summed E-state index contributed by atoms with van der Waals surface area (Å²) >= 11 is 5.97. The molecule has 0 saturated heterocycles. The van der Waals surface area contributed by atoms with Crippen molar-refractivity contribution in [3.05, 3.63) is 70.8 Å². The third kappa shape index (κ3) is 4.46. The topological polar surface area (TPSA) is 72.9 Å². The largest absolute Gasteiger partial charge is 0.481 e. The van der Waals surface area contributed by atoms with Gasteiger partial charge in [0.1, 0.15) is 0 Å². The highest BCUT2D eigenvalue weighted by Gasteiger charge is 2.30. The lowest BCUT2D eigenvalue weighted by Gasteiger charge is -2.26. The van der Waals surface area contributed by atoms with Gasteiger partial charge in [0.05, 0.1) is 18.2 Å². The first-order chi connectivity index (χ1) is 13.3. The van der Waals surface area contributed by atoms with E-state index in [1.54, 1.807) is 12.1 Å². The highest BCUT2D eigenvalue weighted by molar-refractivity contribution is 6.30. The summed E-state index contributed by atoms with van der Waals surface area (Å²) in [4.78, 5) is 25.5. The lowest BCUT2D eigenvalue weighted by Crippen LogP contribution is -2.39. The first-order valence-electron chi connectivity index (χ1n) is 8.90. The van der Waals surface area contributed by atoms with Crippen molar-refractivity contribution in [3.63, 3.8) is 0 Å². The smallest absolute Gasteiger partial charge is 0.303 e. The van der Waals surface area contributed by atoms with Gasteiger partial charge in [-0.1, -0.05) is 35.9 Å². The molecule has 6 nitrogen and oxygen atoms in total. The molecule has 1 aliphatic heterocycles. The van der Waals surface area contributed by atoms with E-state index < -0.39 is 5.97 Å². The Balaban J connectivity index is 1.90. The summed E-state index contributed by atoms with van der Waals surface area (Å²) in [6, 6.07) is 14.9. The number of hydrogen-bond acceptors (Lipinski definition) is 4. The van der Waals surface area contributed by atoms with Crippen LogP contribution >= 0.6 is 11.6 Å². The minimum Gasteiger partial charge on any atom is -0.481 e. The second kappa shape index (κ2) is 8.35. The summed E-state index contributed by atoms with van der Waals surface area (Å²) in [6.07, 6.45) is 1.68. The van der Waals surface area contributed by atoms with Crippen LogP contribution < -0.4 is 10.3 Å². The number of amides is 1. The lowest BCUT2D eigenvalue weighted by atomic mass is 10.0. The molecule has 0 aromatic heterocycles. The van der Waals surface area contributed by atoms with Crippen molar-refractivity contribution in [3.8, 4) is 0 Å². The van der Waals surface area contributed by atoms with Gasteiger partial charge in [-0.2, -0.15) is 0 Å². The molecule has 1 aliphatic rings. The van der Waals surface area contributed by atoms with Crippen LogP contribution in [0.25, 0.3) is 5.70 Å². The predicted octanol–water partition coefficient (Wildman–Crippen LogP) is 3.70. The van der Waals surface area contributed by atoms with Crippen LogP contribution in [0.3, 0.4) is 0 Å². The number of hydrogen-bond donors (Lipinski definition) is 2. The fourth-order valence-electron chi connectivity index (χ4n) is 3.03. The van der Waals surface area contributed by atoms with Crippen molar-refractivity contribution in [1.29, 1.82) is 0 Å². The van der Waals surface area contributed by atoms with Crippen molar-refractivity contribution < 1.29 is 14.7 Å². The maximum Gasteiger partial charge on any atom is 0.303 e. The number of carboxylic acid groups (broad SMARTS) is 1. The minimum atomic E-state index is -0.995. The van der Waals surface area contributed by atoms with E-state index in [9.17, 15) is 9.59 Å². The van der Waals surface area contributed by atoms with Gasteiger partial charge < -0.3 is 10.0 Å². The molecule has 28 heavy (non-hydrogen) atoms. The van der Waals surface area contributed by atoms with Crippen LogP contribution in [-0.2, 0) is 9.59 Å². The van der Waals surface area contributed by atoms with Gasteiger partial charge in [-0.15, -0.1) is 0 Å². The molecule has 0 unspecified atom stereocenters. The minimum absolute atomic E-state index is 0.0731. The number of nitrogens with one attached hydrogen (secondary N) is 1. The van der Waals surface area contributed by atoms with E-state index in [1.165, 1.54) is 5.01 Å². The van der Waals surface area contributed by atoms with E-state index in [4.69, 9.17) is 16.7 Å². The standard InChI is InChI=1S/C21H22ClN3O3/c1-24(2)17-9-5-15(6-10-17)19-13-18(14-3-7-16(22)8-4-14)23-25(19)20(26)11-12-21(27)28/h3-10,13,19,23H,11-12H2,1-2H3,(H,27,28)/t19-/m1/s1. The molecule has 0 bridgehead atoms. The maximum atomic E-state index is 12.7. The zero-order valence-electron chi connectivity index (χ0n) is 15.7. The zero-order valence-corrected chi connectivity index (χ0v) is 16.5. The number of benzene rings is 2. The Labute approximate surface area is 169 Å². The Hall–Kier alpha value is -2.99. The van der Waals surface area contributed by atoms with Gasteiger partial charge in [-0.3, -0.25) is 15.0 Å². The van der Waals surface area contributed by atoms with E-state index in [-0.39, 0.29) is 24.8 Å². The number of carbonyl (C=O) groups is 2. The number of rotatable bonds is 6. The Kier molecular flexibility index (Phi) is 5.90. The Morgan fingerprint density at radius 3 is 2.29 bits per heavy atom.